The molecule has 1 aromatic heterocycles. The molecule has 1 aliphatic rings. The van der Waals surface area contributed by atoms with E-state index in [4.69, 9.17) is 4.74 Å². The molecule has 0 saturated heterocycles. The van der Waals surface area contributed by atoms with E-state index in [1.807, 2.05) is 6.92 Å². The summed E-state index contributed by atoms with van der Waals surface area (Å²) < 4.78 is 6.96. The predicted octanol–water partition coefficient (Wildman–Crippen LogP) is 0.415. The van der Waals surface area contributed by atoms with Gasteiger partial charge in [-0.15, -0.1) is 10.2 Å². The molecule has 0 saturated carbocycles. The van der Waals surface area contributed by atoms with Crippen molar-refractivity contribution in [3.05, 3.63) is 12.2 Å². The number of fused-ring (bicyclic) bond motifs is 1. The summed E-state index contributed by atoms with van der Waals surface area (Å²) >= 11 is 0. The van der Waals surface area contributed by atoms with Gasteiger partial charge in [0.15, 0.2) is 0 Å². The molecule has 1 aromatic rings. The molecule has 21 heavy (non-hydrogen) atoms. The number of methoxy groups -OCH3 is 1. The maximum absolute atomic E-state index is 11.8. The summed E-state index contributed by atoms with van der Waals surface area (Å²) in [5, 5.41) is 11.1. The van der Waals surface area contributed by atoms with E-state index in [9.17, 15) is 4.79 Å². The molecule has 0 radical (unpaired) electrons. The fraction of sp³-hybridized carbons (Fsp3) is 0.786. The summed E-state index contributed by atoms with van der Waals surface area (Å²) in [6.45, 7) is 5.76. The summed E-state index contributed by atoms with van der Waals surface area (Å²) in [7, 11) is 3.23. The van der Waals surface area contributed by atoms with Gasteiger partial charge < -0.3 is 14.6 Å². The van der Waals surface area contributed by atoms with Gasteiger partial charge in [-0.1, -0.05) is 0 Å². The maximum atomic E-state index is 11.8. The quantitative estimate of drug-likeness (QED) is 0.580. The van der Waals surface area contributed by atoms with Crippen LogP contribution in [0.4, 0.5) is 0 Å². The average molecular weight is 295 g/mol. The number of carbonyl (C=O) groups is 1. The van der Waals surface area contributed by atoms with Gasteiger partial charge >= 0.3 is 5.97 Å². The van der Waals surface area contributed by atoms with E-state index in [2.05, 4.69) is 25.0 Å². The molecule has 1 unspecified atom stereocenters. The minimum atomic E-state index is -0.586. The predicted molar refractivity (Wildman–Crippen MR) is 78.6 cm³/mol. The van der Waals surface area contributed by atoms with Crippen molar-refractivity contribution in [2.75, 3.05) is 27.2 Å². The Morgan fingerprint density at radius 1 is 1.48 bits per heavy atom. The molecule has 2 rings (SSSR count). The number of ether oxygens (including phenoxy) is 1. The van der Waals surface area contributed by atoms with Crippen molar-refractivity contribution in [2.45, 2.75) is 44.8 Å². The van der Waals surface area contributed by atoms with E-state index in [0.717, 1.165) is 51.3 Å². The van der Waals surface area contributed by atoms with Crippen LogP contribution in [-0.4, -0.2) is 58.4 Å². The second kappa shape index (κ2) is 7.00. The molecular weight excluding hydrogens is 270 g/mol. The number of rotatable bonds is 7. The molecule has 1 atom stereocenters. The highest BCUT2D eigenvalue weighted by atomic mass is 16.5. The molecule has 1 aliphatic heterocycles. The minimum Gasteiger partial charge on any atom is -0.468 e. The second-order valence-corrected chi connectivity index (χ2v) is 5.75. The van der Waals surface area contributed by atoms with Crippen molar-refractivity contribution in [1.82, 2.24) is 25.0 Å². The largest absolute Gasteiger partial charge is 0.468 e. The fourth-order valence-corrected chi connectivity index (χ4v) is 2.68. The third-order valence-corrected chi connectivity index (χ3v) is 4.31. The van der Waals surface area contributed by atoms with Crippen LogP contribution in [0.2, 0.25) is 0 Å². The molecule has 0 aliphatic carbocycles. The van der Waals surface area contributed by atoms with E-state index >= 15 is 0 Å². The van der Waals surface area contributed by atoms with Crippen LogP contribution in [-0.2, 0) is 22.6 Å². The molecule has 0 spiro atoms. The number of nitrogens with zero attached hydrogens (tertiary/aromatic N) is 4. The lowest BCUT2D eigenvalue weighted by Crippen LogP contribution is -2.48. The second-order valence-electron chi connectivity index (χ2n) is 5.75. The number of esters is 1. The number of nitrogens with one attached hydrogen (secondary N) is 1. The SMILES string of the molecule is CNC(C)(CCCCN1CCn2cnnc2C1)C(=O)OC. The summed E-state index contributed by atoms with van der Waals surface area (Å²) in [6.07, 6.45) is 4.61. The van der Waals surface area contributed by atoms with Gasteiger partial charge in [-0.25, -0.2) is 0 Å². The van der Waals surface area contributed by atoms with Gasteiger partial charge in [0.1, 0.15) is 17.7 Å². The van der Waals surface area contributed by atoms with Crippen LogP contribution < -0.4 is 5.32 Å². The van der Waals surface area contributed by atoms with Crippen molar-refractivity contribution in [3.63, 3.8) is 0 Å². The standard InChI is InChI=1S/C14H25N5O2/c1-14(15-2,13(20)21-3)6-4-5-7-18-8-9-19-11-16-17-12(19)10-18/h11,15H,4-10H2,1-3H3. The fourth-order valence-electron chi connectivity index (χ4n) is 2.68. The van der Waals surface area contributed by atoms with E-state index in [0.29, 0.717) is 0 Å². The van der Waals surface area contributed by atoms with Gasteiger partial charge in [0.05, 0.1) is 13.7 Å². The zero-order valence-electron chi connectivity index (χ0n) is 13.1. The number of likely N-dealkylation sites (N-methyl/N-ethyl adjacent to an activating group) is 1. The van der Waals surface area contributed by atoms with Crippen LogP contribution in [0.15, 0.2) is 6.33 Å². The number of hydrogen-bond donors (Lipinski definition) is 1. The molecule has 7 nitrogen and oxygen atoms in total. The first-order valence-electron chi connectivity index (χ1n) is 7.45. The lowest BCUT2D eigenvalue weighted by atomic mass is 9.95. The van der Waals surface area contributed by atoms with Crippen LogP contribution in [0.1, 0.15) is 32.0 Å². The third-order valence-electron chi connectivity index (χ3n) is 4.31. The van der Waals surface area contributed by atoms with Crippen LogP contribution >= 0.6 is 0 Å². The van der Waals surface area contributed by atoms with Crippen LogP contribution in [0.5, 0.6) is 0 Å². The highest BCUT2D eigenvalue weighted by molar-refractivity contribution is 5.80. The Labute approximate surface area is 125 Å². The molecule has 0 amide bonds. The lowest BCUT2D eigenvalue weighted by Gasteiger charge is -2.28. The van der Waals surface area contributed by atoms with Crippen LogP contribution in [0, 0.1) is 0 Å². The summed E-state index contributed by atoms with van der Waals surface area (Å²) in [4.78, 5) is 14.1. The third kappa shape index (κ3) is 3.79. The van der Waals surface area contributed by atoms with Crippen LogP contribution in [0.3, 0.4) is 0 Å². The molecule has 7 heteroatoms. The van der Waals surface area contributed by atoms with E-state index in [1.165, 1.54) is 7.11 Å². The number of hydrogen-bond acceptors (Lipinski definition) is 6. The minimum absolute atomic E-state index is 0.198. The zero-order valence-corrected chi connectivity index (χ0v) is 13.1. The van der Waals surface area contributed by atoms with Gasteiger partial charge in [0.25, 0.3) is 0 Å². The number of carbonyl (C=O) groups excluding carboxylic acids is 1. The van der Waals surface area contributed by atoms with Crippen molar-refractivity contribution >= 4 is 5.97 Å². The first kappa shape index (κ1) is 15.9. The molecule has 0 fully saturated rings. The van der Waals surface area contributed by atoms with Gasteiger partial charge in [0.2, 0.25) is 0 Å². The topological polar surface area (TPSA) is 72.3 Å². The maximum Gasteiger partial charge on any atom is 0.325 e. The zero-order chi connectivity index (χ0) is 15.3. The summed E-state index contributed by atoms with van der Waals surface area (Å²) in [5.74, 6) is 0.840. The smallest absolute Gasteiger partial charge is 0.325 e. The monoisotopic (exact) mass is 295 g/mol. The molecule has 118 valence electrons. The number of unbranched alkanes of at least 4 members (excludes halogenated alkanes) is 1. The average Bonchev–Trinajstić information content (AvgIpc) is 2.98. The van der Waals surface area contributed by atoms with Crippen LogP contribution in [0.25, 0.3) is 0 Å². The molecule has 0 aromatic carbocycles. The van der Waals surface area contributed by atoms with Crippen molar-refractivity contribution in [1.29, 1.82) is 0 Å². The van der Waals surface area contributed by atoms with Crippen molar-refractivity contribution in [2.24, 2.45) is 0 Å². The Hall–Kier alpha value is -1.47. The van der Waals surface area contributed by atoms with Gasteiger partial charge in [-0.05, 0) is 39.8 Å². The van der Waals surface area contributed by atoms with Crippen molar-refractivity contribution in [3.8, 4) is 0 Å². The molecule has 2 heterocycles. The molecule has 0 bridgehead atoms. The highest BCUT2D eigenvalue weighted by Crippen LogP contribution is 2.16. The Bertz CT molecular complexity index is 476. The molecule has 1 N–H and O–H groups in total. The van der Waals surface area contributed by atoms with Crippen molar-refractivity contribution < 1.29 is 9.53 Å². The summed E-state index contributed by atoms with van der Waals surface area (Å²) in [6, 6.07) is 0. The highest BCUT2D eigenvalue weighted by Gasteiger charge is 2.31. The Kier molecular flexibility index (Phi) is 5.30. The molecular formula is C14H25N5O2. The van der Waals surface area contributed by atoms with E-state index in [1.54, 1.807) is 13.4 Å². The van der Waals surface area contributed by atoms with Gasteiger partial charge in [-0.2, -0.15) is 0 Å². The lowest BCUT2D eigenvalue weighted by molar-refractivity contribution is -0.148. The van der Waals surface area contributed by atoms with E-state index in [-0.39, 0.29) is 5.97 Å². The first-order valence-corrected chi connectivity index (χ1v) is 7.45. The Morgan fingerprint density at radius 2 is 2.29 bits per heavy atom. The number of aromatic nitrogens is 3. The Morgan fingerprint density at radius 3 is 3.00 bits per heavy atom. The van der Waals surface area contributed by atoms with E-state index < -0.39 is 5.54 Å². The first-order chi connectivity index (χ1) is 10.1. The normalized spacial score (nSPS) is 18.0. The summed E-state index contributed by atoms with van der Waals surface area (Å²) in [5.41, 5.74) is -0.586. The van der Waals surface area contributed by atoms with Gasteiger partial charge in [0, 0.05) is 13.1 Å². The van der Waals surface area contributed by atoms with Gasteiger partial charge in [-0.3, -0.25) is 9.69 Å². The Balaban J connectivity index is 1.72.